The highest BCUT2D eigenvalue weighted by molar-refractivity contribution is 6.35. The van der Waals surface area contributed by atoms with Gasteiger partial charge in [-0.25, -0.2) is 0 Å². The van der Waals surface area contributed by atoms with E-state index in [0.717, 1.165) is 29.9 Å². The topological polar surface area (TPSA) is 25.2 Å². The average Bonchev–Trinajstić information content (AvgIpc) is 2.81. The zero-order valence-corrected chi connectivity index (χ0v) is 11.7. The van der Waals surface area contributed by atoms with Crippen LogP contribution in [0.5, 0.6) is 0 Å². The maximum atomic E-state index is 6.20. The van der Waals surface area contributed by atoms with Gasteiger partial charge in [-0.2, -0.15) is 0 Å². The van der Waals surface area contributed by atoms with Gasteiger partial charge in [-0.3, -0.25) is 0 Å². The molecule has 0 radical (unpaired) electrons. The normalized spacial score (nSPS) is 10.8. The van der Waals surface area contributed by atoms with Crippen molar-refractivity contribution in [3.05, 3.63) is 46.3 Å². The summed E-state index contributed by atoms with van der Waals surface area (Å²) in [6.45, 7) is 3.78. The lowest BCUT2D eigenvalue weighted by Gasteiger charge is -2.06. The first-order valence-electron chi connectivity index (χ1n) is 5.95. The van der Waals surface area contributed by atoms with Crippen LogP contribution in [0.3, 0.4) is 0 Å². The van der Waals surface area contributed by atoms with Crippen molar-refractivity contribution in [3.63, 3.8) is 0 Å². The monoisotopic (exact) mass is 283 g/mol. The molecule has 0 saturated carbocycles. The van der Waals surface area contributed by atoms with Crippen molar-refractivity contribution < 1.29 is 4.42 Å². The first-order chi connectivity index (χ1) is 8.72. The van der Waals surface area contributed by atoms with Crippen molar-refractivity contribution in [2.24, 2.45) is 0 Å². The number of halogens is 2. The van der Waals surface area contributed by atoms with Crippen molar-refractivity contribution in [3.8, 4) is 11.1 Å². The van der Waals surface area contributed by atoms with Crippen LogP contribution in [-0.4, -0.2) is 6.54 Å². The van der Waals surface area contributed by atoms with E-state index in [1.165, 1.54) is 0 Å². The van der Waals surface area contributed by atoms with E-state index in [4.69, 9.17) is 27.6 Å². The molecule has 2 rings (SSSR count). The van der Waals surface area contributed by atoms with Crippen LogP contribution in [0.1, 0.15) is 19.1 Å². The largest absolute Gasteiger partial charge is 0.467 e. The van der Waals surface area contributed by atoms with Gasteiger partial charge in [0.05, 0.1) is 12.8 Å². The Hall–Kier alpha value is -0.960. The molecule has 2 nitrogen and oxygen atoms in total. The van der Waals surface area contributed by atoms with Gasteiger partial charge in [-0.15, -0.1) is 0 Å². The summed E-state index contributed by atoms with van der Waals surface area (Å²) in [6, 6.07) is 7.36. The first-order valence-corrected chi connectivity index (χ1v) is 6.70. The molecule has 0 saturated heterocycles. The fourth-order valence-corrected chi connectivity index (χ4v) is 2.19. The van der Waals surface area contributed by atoms with Gasteiger partial charge < -0.3 is 9.73 Å². The Morgan fingerprint density at radius 1 is 1.17 bits per heavy atom. The Balaban J connectivity index is 2.27. The summed E-state index contributed by atoms with van der Waals surface area (Å²) in [4.78, 5) is 0. The highest BCUT2D eigenvalue weighted by Gasteiger charge is 2.12. The molecule has 0 bridgehead atoms. The standard InChI is InChI=1S/C14H15Cl2NO/c1-2-6-17-9-14-11(5-7-18-14)12-8-10(15)3-4-13(12)16/h3-5,7-8,17H,2,6,9H2,1H3. The minimum atomic E-state index is 0.670. The van der Waals surface area contributed by atoms with E-state index < -0.39 is 0 Å². The first kappa shape index (κ1) is 13.5. The van der Waals surface area contributed by atoms with Gasteiger partial charge in [0.2, 0.25) is 0 Å². The molecule has 1 aromatic carbocycles. The molecule has 0 amide bonds. The van der Waals surface area contributed by atoms with Gasteiger partial charge >= 0.3 is 0 Å². The fraction of sp³-hybridized carbons (Fsp3) is 0.286. The number of hydrogen-bond acceptors (Lipinski definition) is 2. The summed E-state index contributed by atoms with van der Waals surface area (Å²) < 4.78 is 5.50. The minimum absolute atomic E-state index is 0.670. The lowest BCUT2D eigenvalue weighted by Crippen LogP contribution is -2.13. The number of furan rings is 1. The van der Waals surface area contributed by atoms with Gasteiger partial charge in [-0.1, -0.05) is 30.1 Å². The molecule has 0 atom stereocenters. The van der Waals surface area contributed by atoms with Crippen molar-refractivity contribution in [1.29, 1.82) is 0 Å². The maximum absolute atomic E-state index is 6.20. The van der Waals surface area contributed by atoms with Crippen LogP contribution in [0.2, 0.25) is 10.0 Å². The molecule has 18 heavy (non-hydrogen) atoms. The van der Waals surface area contributed by atoms with Crippen molar-refractivity contribution in [2.75, 3.05) is 6.54 Å². The molecule has 96 valence electrons. The Kier molecular flexibility index (Phi) is 4.70. The molecular weight excluding hydrogens is 269 g/mol. The second kappa shape index (κ2) is 6.28. The number of rotatable bonds is 5. The highest BCUT2D eigenvalue weighted by Crippen LogP contribution is 2.33. The lowest BCUT2D eigenvalue weighted by molar-refractivity contribution is 0.484. The third-order valence-electron chi connectivity index (χ3n) is 2.68. The second-order valence-electron chi connectivity index (χ2n) is 4.06. The zero-order chi connectivity index (χ0) is 13.0. The third kappa shape index (κ3) is 3.08. The smallest absolute Gasteiger partial charge is 0.125 e. The van der Waals surface area contributed by atoms with Crippen LogP contribution >= 0.6 is 23.2 Å². The zero-order valence-electron chi connectivity index (χ0n) is 10.2. The molecule has 0 unspecified atom stereocenters. The predicted octanol–water partition coefficient (Wildman–Crippen LogP) is 4.75. The van der Waals surface area contributed by atoms with E-state index in [0.29, 0.717) is 16.6 Å². The summed E-state index contributed by atoms with van der Waals surface area (Å²) >= 11 is 12.2. The molecule has 0 spiro atoms. The number of nitrogens with one attached hydrogen (secondary N) is 1. The predicted molar refractivity (Wildman–Crippen MR) is 76.2 cm³/mol. The molecule has 0 aliphatic rings. The molecule has 2 aromatic rings. The Bertz CT molecular complexity index is 522. The molecule has 0 fully saturated rings. The summed E-state index contributed by atoms with van der Waals surface area (Å²) in [5.74, 6) is 0.882. The highest BCUT2D eigenvalue weighted by atomic mass is 35.5. The summed E-state index contributed by atoms with van der Waals surface area (Å²) in [6.07, 6.45) is 2.77. The molecule has 0 aliphatic carbocycles. The van der Waals surface area contributed by atoms with Crippen LogP contribution in [0.25, 0.3) is 11.1 Å². The molecule has 4 heteroatoms. The van der Waals surface area contributed by atoms with Crippen LogP contribution in [0.15, 0.2) is 34.9 Å². The molecule has 1 N–H and O–H groups in total. The van der Waals surface area contributed by atoms with E-state index in [-0.39, 0.29) is 0 Å². The van der Waals surface area contributed by atoms with E-state index in [1.807, 2.05) is 12.1 Å². The van der Waals surface area contributed by atoms with Crippen LogP contribution in [0.4, 0.5) is 0 Å². The summed E-state index contributed by atoms with van der Waals surface area (Å²) in [7, 11) is 0. The van der Waals surface area contributed by atoms with Crippen LogP contribution in [0, 0.1) is 0 Å². The Morgan fingerprint density at radius 2 is 2.00 bits per heavy atom. The quantitative estimate of drug-likeness (QED) is 0.801. The van der Waals surface area contributed by atoms with Gasteiger partial charge in [0, 0.05) is 21.2 Å². The van der Waals surface area contributed by atoms with E-state index >= 15 is 0 Å². The lowest BCUT2D eigenvalue weighted by atomic mass is 10.1. The molecule has 1 heterocycles. The van der Waals surface area contributed by atoms with Gasteiger partial charge in [0.1, 0.15) is 5.76 Å². The minimum Gasteiger partial charge on any atom is -0.467 e. The van der Waals surface area contributed by atoms with E-state index in [9.17, 15) is 0 Å². The Labute approximate surface area is 117 Å². The van der Waals surface area contributed by atoms with Gasteiger partial charge in [-0.05, 0) is 37.2 Å². The SMILES string of the molecule is CCCNCc1occc1-c1cc(Cl)ccc1Cl. The summed E-state index contributed by atoms with van der Waals surface area (Å²) in [5.41, 5.74) is 1.90. The van der Waals surface area contributed by atoms with Crippen LogP contribution in [-0.2, 0) is 6.54 Å². The Morgan fingerprint density at radius 3 is 2.78 bits per heavy atom. The number of hydrogen-bond donors (Lipinski definition) is 1. The second-order valence-corrected chi connectivity index (χ2v) is 4.90. The van der Waals surface area contributed by atoms with Crippen molar-refractivity contribution >= 4 is 23.2 Å². The molecule has 0 aliphatic heterocycles. The van der Waals surface area contributed by atoms with E-state index in [2.05, 4.69) is 12.2 Å². The third-order valence-corrected chi connectivity index (χ3v) is 3.24. The van der Waals surface area contributed by atoms with Gasteiger partial charge in [0.25, 0.3) is 0 Å². The summed E-state index contributed by atoms with van der Waals surface area (Å²) in [5, 5.41) is 4.66. The fourth-order valence-electron chi connectivity index (χ4n) is 1.80. The average molecular weight is 284 g/mol. The van der Waals surface area contributed by atoms with Crippen molar-refractivity contribution in [1.82, 2.24) is 5.32 Å². The molecule has 1 aromatic heterocycles. The maximum Gasteiger partial charge on any atom is 0.125 e. The van der Waals surface area contributed by atoms with Crippen LogP contribution < -0.4 is 5.32 Å². The van der Waals surface area contributed by atoms with E-state index in [1.54, 1.807) is 18.4 Å². The van der Waals surface area contributed by atoms with Crippen molar-refractivity contribution in [2.45, 2.75) is 19.9 Å². The van der Waals surface area contributed by atoms with Gasteiger partial charge in [0.15, 0.2) is 0 Å². The number of benzene rings is 1. The molecular formula is C14H15Cl2NO.